The minimum absolute atomic E-state index is 0.0846. The summed E-state index contributed by atoms with van der Waals surface area (Å²) in [6.45, 7) is 5.78. The first kappa shape index (κ1) is 23.8. The molecule has 4 atom stereocenters. The van der Waals surface area contributed by atoms with E-state index in [1.165, 1.54) is 0 Å². The molecule has 2 bridgehead atoms. The van der Waals surface area contributed by atoms with Gasteiger partial charge in [-0.15, -0.1) is 5.10 Å². The number of anilines is 1. The average Bonchev–Trinajstić information content (AvgIpc) is 3.41. The Kier molecular flexibility index (Phi) is 6.46. The number of hydrogen-bond donors (Lipinski definition) is 1. The van der Waals surface area contributed by atoms with Crippen molar-refractivity contribution in [2.45, 2.75) is 25.4 Å². The summed E-state index contributed by atoms with van der Waals surface area (Å²) >= 11 is 0. The molecule has 1 N–H and O–H groups in total. The molecule has 4 fully saturated rings. The molecule has 0 aliphatic carbocycles. The van der Waals surface area contributed by atoms with Crippen LogP contribution in [0.25, 0.3) is 11.3 Å². The van der Waals surface area contributed by atoms with Gasteiger partial charge in [-0.05, 0) is 49.6 Å². The van der Waals surface area contributed by atoms with Crippen molar-refractivity contribution in [1.29, 1.82) is 0 Å². The van der Waals surface area contributed by atoms with Crippen molar-refractivity contribution in [3.8, 4) is 22.8 Å². The summed E-state index contributed by atoms with van der Waals surface area (Å²) in [5.41, 5.74) is 2.71. The zero-order valence-corrected chi connectivity index (χ0v) is 21.2. The van der Waals surface area contributed by atoms with Crippen molar-refractivity contribution in [3.05, 3.63) is 54.7 Å². The number of piperidine rings is 3. The summed E-state index contributed by atoms with van der Waals surface area (Å²) in [4.78, 5) is 20.4. The van der Waals surface area contributed by atoms with Gasteiger partial charge in [-0.25, -0.2) is 0 Å². The van der Waals surface area contributed by atoms with Crippen molar-refractivity contribution in [2.24, 2.45) is 11.8 Å². The molecule has 1 aromatic heterocycles. The van der Waals surface area contributed by atoms with E-state index in [2.05, 4.69) is 31.1 Å². The molecule has 194 valence electrons. The third-order valence-electron chi connectivity index (χ3n) is 8.29. The van der Waals surface area contributed by atoms with Crippen LogP contribution in [0.15, 0.2) is 54.7 Å². The third-order valence-corrected chi connectivity index (χ3v) is 8.29. The maximum atomic E-state index is 13.6. The molecular formula is C28H34N6O3. The molecule has 2 aromatic carbocycles. The van der Waals surface area contributed by atoms with E-state index >= 15 is 0 Å². The number of fused-ring (bicyclic) bond motifs is 3. The van der Waals surface area contributed by atoms with E-state index in [0.29, 0.717) is 17.9 Å². The lowest BCUT2D eigenvalue weighted by Gasteiger charge is -2.50. The van der Waals surface area contributed by atoms with E-state index in [-0.39, 0.29) is 11.7 Å². The van der Waals surface area contributed by atoms with Crippen molar-refractivity contribution in [1.82, 2.24) is 24.8 Å². The highest BCUT2D eigenvalue weighted by molar-refractivity contribution is 5.80. The van der Waals surface area contributed by atoms with Crippen molar-refractivity contribution >= 4 is 11.6 Å². The number of piperazine rings is 1. The fourth-order valence-corrected chi connectivity index (χ4v) is 6.30. The topological polar surface area (TPSA) is 87.0 Å². The van der Waals surface area contributed by atoms with Gasteiger partial charge in [0.25, 0.3) is 0 Å². The summed E-state index contributed by atoms with van der Waals surface area (Å²) in [6, 6.07) is 15.5. The van der Waals surface area contributed by atoms with Crippen LogP contribution in [0.2, 0.25) is 0 Å². The molecule has 4 saturated heterocycles. The van der Waals surface area contributed by atoms with Crippen molar-refractivity contribution < 1.29 is 14.6 Å². The quantitative estimate of drug-likeness (QED) is 0.555. The molecule has 9 nitrogen and oxygen atoms in total. The fraction of sp³-hybridized carbons (Fsp3) is 0.464. The van der Waals surface area contributed by atoms with Gasteiger partial charge in [-0.2, -0.15) is 0 Å². The number of aromatic hydroxyl groups is 1. The lowest BCUT2D eigenvalue weighted by molar-refractivity contribution is -0.144. The normalized spacial score (nSPS) is 25.3. The standard InChI is InChI=1S/C28H34N6O3/c1-37-27-8-3-2-7-26(27)31-11-13-32(14-12-31)28(36)24-18-33-10-9-20(24)15-22(33)17-34-19-25(29-30-34)21-5-4-6-23(35)16-21/h2-8,16,19-20,22,24,35H,9-15,17-18H2,1H3/t20-,22-,24-/m1/s1. The summed E-state index contributed by atoms with van der Waals surface area (Å²) in [6.07, 6.45) is 4.04. The maximum Gasteiger partial charge on any atom is 0.227 e. The van der Waals surface area contributed by atoms with Gasteiger partial charge in [0, 0.05) is 44.3 Å². The molecule has 7 rings (SSSR count). The van der Waals surface area contributed by atoms with Crippen molar-refractivity contribution in [3.63, 3.8) is 0 Å². The van der Waals surface area contributed by atoms with Gasteiger partial charge in [0.2, 0.25) is 5.91 Å². The molecule has 4 aliphatic heterocycles. The second-order valence-electron chi connectivity index (χ2n) is 10.4. The summed E-state index contributed by atoms with van der Waals surface area (Å²) in [7, 11) is 1.70. The Bertz CT molecular complexity index is 1250. The van der Waals surface area contributed by atoms with Crippen LogP contribution in [-0.2, 0) is 11.3 Å². The highest BCUT2D eigenvalue weighted by Crippen LogP contribution is 2.38. The first-order valence-electron chi connectivity index (χ1n) is 13.2. The molecule has 4 aliphatic rings. The Balaban J connectivity index is 1.05. The minimum Gasteiger partial charge on any atom is -0.508 e. The molecule has 37 heavy (non-hydrogen) atoms. The van der Waals surface area contributed by atoms with E-state index in [1.54, 1.807) is 19.2 Å². The second kappa shape index (κ2) is 10.0. The number of benzene rings is 2. The average molecular weight is 503 g/mol. The number of ether oxygens (including phenoxy) is 1. The number of carbonyl (C=O) groups is 1. The molecule has 1 amide bonds. The lowest BCUT2D eigenvalue weighted by atomic mass is 9.75. The number of nitrogens with zero attached hydrogens (tertiary/aromatic N) is 6. The van der Waals surface area contributed by atoms with Crippen LogP contribution in [0.3, 0.4) is 0 Å². The van der Waals surface area contributed by atoms with Crippen LogP contribution in [0.1, 0.15) is 12.8 Å². The van der Waals surface area contributed by atoms with Gasteiger partial charge >= 0.3 is 0 Å². The van der Waals surface area contributed by atoms with E-state index < -0.39 is 0 Å². The van der Waals surface area contributed by atoms with E-state index in [4.69, 9.17) is 4.74 Å². The van der Waals surface area contributed by atoms with Crippen LogP contribution in [0, 0.1) is 11.8 Å². The lowest BCUT2D eigenvalue weighted by Crippen LogP contribution is -2.60. The summed E-state index contributed by atoms with van der Waals surface area (Å²) < 4.78 is 7.44. The number of para-hydroxylation sites is 2. The zero-order valence-electron chi connectivity index (χ0n) is 21.2. The zero-order chi connectivity index (χ0) is 25.4. The van der Waals surface area contributed by atoms with E-state index in [0.717, 1.165) is 81.3 Å². The van der Waals surface area contributed by atoms with Crippen LogP contribution in [0.4, 0.5) is 5.69 Å². The third kappa shape index (κ3) is 4.75. The predicted octanol–water partition coefficient (Wildman–Crippen LogP) is 2.72. The highest BCUT2D eigenvalue weighted by Gasteiger charge is 2.44. The number of methoxy groups -OCH3 is 1. The Morgan fingerprint density at radius 1 is 1.08 bits per heavy atom. The van der Waals surface area contributed by atoms with Crippen LogP contribution in [0.5, 0.6) is 11.5 Å². The molecular weight excluding hydrogens is 468 g/mol. The van der Waals surface area contributed by atoms with Crippen LogP contribution in [-0.4, -0.2) is 88.2 Å². The van der Waals surface area contributed by atoms with Gasteiger partial charge in [-0.1, -0.05) is 29.5 Å². The number of phenolic OH excluding ortho intramolecular Hbond substituents is 1. The molecule has 9 heteroatoms. The number of rotatable bonds is 6. The first-order chi connectivity index (χ1) is 18.1. The first-order valence-corrected chi connectivity index (χ1v) is 13.2. The van der Waals surface area contributed by atoms with Gasteiger partial charge < -0.3 is 19.6 Å². The number of amides is 1. The monoisotopic (exact) mass is 502 g/mol. The summed E-state index contributed by atoms with van der Waals surface area (Å²) in [5.74, 6) is 1.93. The van der Waals surface area contributed by atoms with Gasteiger partial charge in [0.1, 0.15) is 17.2 Å². The smallest absolute Gasteiger partial charge is 0.227 e. The minimum atomic E-state index is 0.0846. The second-order valence-corrected chi connectivity index (χ2v) is 10.4. The van der Waals surface area contributed by atoms with Crippen molar-refractivity contribution in [2.75, 3.05) is 51.3 Å². The maximum absolute atomic E-state index is 13.6. The van der Waals surface area contributed by atoms with Gasteiger partial charge in [-0.3, -0.25) is 14.4 Å². The molecule has 1 unspecified atom stereocenters. The largest absolute Gasteiger partial charge is 0.508 e. The highest BCUT2D eigenvalue weighted by atomic mass is 16.5. The fourth-order valence-electron chi connectivity index (χ4n) is 6.30. The van der Waals surface area contributed by atoms with Crippen LogP contribution >= 0.6 is 0 Å². The molecule has 0 radical (unpaired) electrons. The number of aromatic nitrogens is 3. The SMILES string of the molecule is COc1ccccc1N1CCN(C(=O)[C@@H]2CN3CC[C@@H]2C[C@@H]3Cn2cc(-c3cccc(O)c3)nn2)CC1. The van der Waals surface area contributed by atoms with Gasteiger partial charge in [0.15, 0.2) is 0 Å². The van der Waals surface area contributed by atoms with Gasteiger partial charge in [0.05, 0.1) is 31.5 Å². The number of phenols is 1. The molecule has 5 heterocycles. The summed E-state index contributed by atoms with van der Waals surface area (Å²) in [5, 5.41) is 18.4. The van der Waals surface area contributed by atoms with E-state index in [9.17, 15) is 9.90 Å². The Morgan fingerprint density at radius 3 is 2.68 bits per heavy atom. The Hall–Kier alpha value is -3.59. The Labute approximate surface area is 217 Å². The van der Waals surface area contributed by atoms with E-state index in [1.807, 2.05) is 41.2 Å². The Morgan fingerprint density at radius 2 is 1.92 bits per heavy atom. The molecule has 3 aromatic rings. The number of carbonyl (C=O) groups excluding carboxylic acids is 1. The molecule has 0 spiro atoms. The van der Waals surface area contributed by atoms with Crippen LogP contribution < -0.4 is 9.64 Å². The number of hydrogen-bond acceptors (Lipinski definition) is 7. The predicted molar refractivity (Wildman–Crippen MR) is 140 cm³/mol. The molecule has 0 saturated carbocycles.